The summed E-state index contributed by atoms with van der Waals surface area (Å²) in [7, 11) is 0. The van der Waals surface area contributed by atoms with Gasteiger partial charge in [0, 0.05) is 38.3 Å². The largest absolute Gasteiger partial charge is 0.455 e. The molecule has 2 aromatic heterocycles. The molecule has 0 aliphatic carbocycles. The van der Waals surface area contributed by atoms with Crippen molar-refractivity contribution in [3.8, 4) is 22.3 Å². The number of nitrogens with zero attached hydrogens (tertiary/aromatic N) is 1. The average Bonchev–Trinajstić information content (AvgIpc) is 3.87. The molecule has 0 saturated heterocycles. The molecule has 12 rings (SSSR count). The molecule has 0 saturated carbocycles. The normalized spacial score (nSPS) is 11.9. The van der Waals surface area contributed by atoms with E-state index in [1.165, 1.54) is 21.7 Å². The zero-order valence-corrected chi connectivity index (χ0v) is 30.8. The van der Waals surface area contributed by atoms with Crippen LogP contribution in [0.4, 0.5) is 17.1 Å². The first kappa shape index (κ1) is 31.7. The van der Waals surface area contributed by atoms with Crippen molar-refractivity contribution in [2.24, 2.45) is 0 Å². The van der Waals surface area contributed by atoms with Crippen LogP contribution in [0.25, 0.3) is 98.4 Å². The molecule has 266 valence electrons. The Morgan fingerprint density at radius 3 is 1.58 bits per heavy atom. The van der Waals surface area contributed by atoms with Crippen molar-refractivity contribution in [1.29, 1.82) is 0 Å². The van der Waals surface area contributed by atoms with Gasteiger partial charge in [-0.15, -0.1) is 0 Å². The van der Waals surface area contributed by atoms with Gasteiger partial charge in [-0.1, -0.05) is 146 Å². The number of hydrogen-bond acceptors (Lipinski definition) is 3. The van der Waals surface area contributed by atoms with Crippen molar-refractivity contribution in [3.05, 3.63) is 200 Å². The van der Waals surface area contributed by atoms with Crippen LogP contribution in [0.5, 0.6) is 0 Å². The summed E-state index contributed by atoms with van der Waals surface area (Å²) < 4.78 is 13.3. The van der Waals surface area contributed by atoms with Crippen molar-refractivity contribution < 1.29 is 8.83 Å². The van der Waals surface area contributed by atoms with E-state index in [0.717, 1.165) is 93.8 Å². The first-order valence-corrected chi connectivity index (χ1v) is 19.4. The van der Waals surface area contributed by atoms with E-state index in [2.05, 4.69) is 205 Å². The van der Waals surface area contributed by atoms with Gasteiger partial charge in [-0.3, -0.25) is 0 Å². The molecule has 3 nitrogen and oxygen atoms in total. The minimum atomic E-state index is 0.858. The molecule has 12 aromatic rings. The lowest BCUT2D eigenvalue weighted by Crippen LogP contribution is -2.10. The average molecular weight is 728 g/mol. The molecule has 0 spiro atoms. The van der Waals surface area contributed by atoms with Crippen LogP contribution in [0.2, 0.25) is 0 Å². The molecule has 2 heterocycles. The monoisotopic (exact) mass is 727 g/mol. The maximum Gasteiger partial charge on any atom is 0.143 e. The fourth-order valence-corrected chi connectivity index (χ4v) is 9.02. The number of furan rings is 2. The van der Waals surface area contributed by atoms with Gasteiger partial charge in [0.2, 0.25) is 0 Å². The van der Waals surface area contributed by atoms with E-state index < -0.39 is 0 Å². The van der Waals surface area contributed by atoms with Gasteiger partial charge in [-0.2, -0.15) is 0 Å². The van der Waals surface area contributed by atoms with Crippen LogP contribution in [-0.4, -0.2) is 0 Å². The molecule has 10 aromatic carbocycles. The van der Waals surface area contributed by atoms with Crippen LogP contribution >= 0.6 is 0 Å². The number of hydrogen-bond donors (Lipinski definition) is 0. The molecule has 0 bridgehead atoms. The van der Waals surface area contributed by atoms with Crippen molar-refractivity contribution in [1.82, 2.24) is 0 Å². The molecule has 0 unspecified atom stereocenters. The van der Waals surface area contributed by atoms with E-state index in [0.29, 0.717) is 0 Å². The molecule has 0 radical (unpaired) electrons. The Hall–Kier alpha value is -7.62. The highest BCUT2D eigenvalue weighted by Gasteiger charge is 2.22. The summed E-state index contributed by atoms with van der Waals surface area (Å²) in [5.41, 5.74) is 11.4. The second-order valence-corrected chi connectivity index (χ2v) is 14.8. The molecule has 0 N–H and O–H groups in total. The SMILES string of the molecule is c1cc(-c2cccc3ccccc23)cc(N(c2ccc(-c3cccc4oc5c6ccccc6ccc5c34)cc2)c2cccc3oc4c5ccccc5ccc4c23)c1. The van der Waals surface area contributed by atoms with E-state index >= 15 is 0 Å². The minimum Gasteiger partial charge on any atom is -0.455 e. The zero-order chi connectivity index (χ0) is 37.5. The standard InChI is InChI=1S/C54H33NO2/c1-4-17-41-34(11-1)14-8-20-42(41)38-15-7-16-40(33-38)55(48-22-10-24-50-52(48)47-32-28-36-13-3-6-19-45(36)54(47)57-50)39-29-25-37(26-30-39)43-21-9-23-49-51(43)46-31-27-35-12-2-5-18-44(35)53(46)56-49/h1-33H. The van der Waals surface area contributed by atoms with Gasteiger partial charge in [0.1, 0.15) is 22.3 Å². The molecule has 0 fully saturated rings. The van der Waals surface area contributed by atoms with E-state index in [4.69, 9.17) is 8.83 Å². The second kappa shape index (κ2) is 12.5. The molecular weight excluding hydrogens is 695 g/mol. The Bertz CT molecular complexity index is 3530. The summed E-state index contributed by atoms with van der Waals surface area (Å²) in [4.78, 5) is 2.38. The minimum absolute atomic E-state index is 0.858. The van der Waals surface area contributed by atoms with Crippen LogP contribution in [0.3, 0.4) is 0 Å². The highest BCUT2D eigenvalue weighted by Crippen LogP contribution is 2.46. The molecular formula is C54H33NO2. The molecule has 0 amide bonds. The fraction of sp³-hybridized carbons (Fsp3) is 0. The molecule has 0 atom stereocenters. The number of benzene rings is 10. The predicted octanol–water partition coefficient (Wildman–Crippen LogP) is 15.7. The van der Waals surface area contributed by atoms with Crippen molar-refractivity contribution in [2.45, 2.75) is 0 Å². The summed E-state index contributed by atoms with van der Waals surface area (Å²) >= 11 is 0. The zero-order valence-electron chi connectivity index (χ0n) is 30.8. The maximum atomic E-state index is 6.71. The third kappa shape index (κ3) is 4.92. The molecule has 57 heavy (non-hydrogen) atoms. The molecule has 0 aliphatic heterocycles. The van der Waals surface area contributed by atoms with Crippen LogP contribution in [0.15, 0.2) is 209 Å². The first-order chi connectivity index (χ1) is 28.3. The topological polar surface area (TPSA) is 29.5 Å². The van der Waals surface area contributed by atoms with Crippen molar-refractivity contribution in [2.75, 3.05) is 4.90 Å². The smallest absolute Gasteiger partial charge is 0.143 e. The summed E-state index contributed by atoms with van der Waals surface area (Å²) in [5.74, 6) is 0. The summed E-state index contributed by atoms with van der Waals surface area (Å²) in [5, 5.41) is 11.5. The first-order valence-electron chi connectivity index (χ1n) is 19.4. The van der Waals surface area contributed by atoms with E-state index in [1.54, 1.807) is 0 Å². The highest BCUT2D eigenvalue weighted by atomic mass is 16.3. The quantitative estimate of drug-likeness (QED) is 0.177. The van der Waals surface area contributed by atoms with Crippen LogP contribution < -0.4 is 4.90 Å². The summed E-state index contributed by atoms with van der Waals surface area (Å²) in [6.07, 6.45) is 0. The maximum absolute atomic E-state index is 6.71. The van der Waals surface area contributed by atoms with E-state index in [-0.39, 0.29) is 0 Å². The Morgan fingerprint density at radius 1 is 0.316 bits per heavy atom. The van der Waals surface area contributed by atoms with Gasteiger partial charge in [-0.25, -0.2) is 0 Å². The van der Waals surface area contributed by atoms with Gasteiger partial charge in [0.25, 0.3) is 0 Å². The van der Waals surface area contributed by atoms with E-state index in [1.807, 2.05) is 0 Å². The number of fused-ring (bicyclic) bond motifs is 11. The Morgan fingerprint density at radius 2 is 0.860 bits per heavy atom. The molecule has 3 heteroatoms. The van der Waals surface area contributed by atoms with Crippen molar-refractivity contribution >= 4 is 93.3 Å². The van der Waals surface area contributed by atoms with Gasteiger partial charge in [0.15, 0.2) is 0 Å². The predicted molar refractivity (Wildman–Crippen MR) is 239 cm³/mol. The highest BCUT2D eigenvalue weighted by molar-refractivity contribution is 6.21. The lowest BCUT2D eigenvalue weighted by atomic mass is 9.97. The third-order valence-corrected chi connectivity index (χ3v) is 11.6. The Balaban J connectivity index is 1.06. The Kier molecular flexibility index (Phi) is 6.93. The van der Waals surface area contributed by atoms with Gasteiger partial charge in [-0.05, 0) is 98.4 Å². The number of rotatable bonds is 5. The van der Waals surface area contributed by atoms with Crippen LogP contribution in [-0.2, 0) is 0 Å². The van der Waals surface area contributed by atoms with Gasteiger partial charge >= 0.3 is 0 Å². The van der Waals surface area contributed by atoms with Crippen LogP contribution in [0, 0.1) is 0 Å². The Labute approximate surface area is 328 Å². The third-order valence-electron chi connectivity index (χ3n) is 11.6. The van der Waals surface area contributed by atoms with Crippen LogP contribution in [0.1, 0.15) is 0 Å². The summed E-state index contributed by atoms with van der Waals surface area (Å²) in [6.45, 7) is 0. The van der Waals surface area contributed by atoms with Gasteiger partial charge in [0.05, 0.1) is 11.1 Å². The van der Waals surface area contributed by atoms with E-state index in [9.17, 15) is 0 Å². The second-order valence-electron chi connectivity index (χ2n) is 14.8. The van der Waals surface area contributed by atoms with Gasteiger partial charge < -0.3 is 13.7 Å². The fourth-order valence-electron chi connectivity index (χ4n) is 9.02. The number of anilines is 3. The lowest BCUT2D eigenvalue weighted by molar-refractivity contribution is 0.672. The lowest BCUT2D eigenvalue weighted by Gasteiger charge is -2.27. The summed E-state index contributed by atoms with van der Waals surface area (Å²) in [6, 6.07) is 71.5. The van der Waals surface area contributed by atoms with Crippen molar-refractivity contribution in [3.63, 3.8) is 0 Å². The molecule has 0 aliphatic rings.